The average molecular weight is 577 g/mol. The molecule has 1 aliphatic rings. The van der Waals surface area contributed by atoms with Crippen LogP contribution in [0.1, 0.15) is 66.5 Å². The maximum atomic E-state index is 15.1. The highest BCUT2D eigenvalue weighted by Gasteiger charge is 2.60. The van der Waals surface area contributed by atoms with Gasteiger partial charge in [-0.3, -0.25) is 9.88 Å². The van der Waals surface area contributed by atoms with Gasteiger partial charge in [-0.25, -0.2) is 19.2 Å². The van der Waals surface area contributed by atoms with Crippen molar-refractivity contribution in [2.24, 2.45) is 5.92 Å². The molecule has 13 nitrogen and oxygen atoms in total. The third-order valence-electron chi connectivity index (χ3n) is 5.97. The molecule has 0 bridgehead atoms. The first kappa shape index (κ1) is 32.9. The number of nitrogens with zero attached hydrogens (tertiary/aromatic N) is 2. The predicted octanol–water partition coefficient (Wildman–Crippen LogP) is 2.97. The Bertz CT molecular complexity index is 1090. The number of carbonyl (C=O) groups excluding carboxylic acids is 3. The summed E-state index contributed by atoms with van der Waals surface area (Å²) >= 11 is 0. The second-order valence-corrected chi connectivity index (χ2v) is 10.5. The number of ether oxygens (including phenoxy) is 4. The number of carbonyl (C=O) groups is 3. The van der Waals surface area contributed by atoms with E-state index in [1.807, 2.05) is 6.92 Å². The van der Waals surface area contributed by atoms with Crippen molar-refractivity contribution < 1.29 is 47.2 Å². The second kappa shape index (κ2) is 13.8. The number of hydrogen-bond acceptors (Lipinski definition) is 10. The van der Waals surface area contributed by atoms with Crippen LogP contribution >= 0.6 is 0 Å². The Kier molecular flexibility index (Phi) is 11.4. The summed E-state index contributed by atoms with van der Waals surface area (Å²) in [6.45, 7) is 8.48. The van der Waals surface area contributed by atoms with Gasteiger partial charge in [0.15, 0.2) is 0 Å². The van der Waals surface area contributed by atoms with Crippen LogP contribution < -0.4 is 16.3 Å². The lowest BCUT2D eigenvalue weighted by atomic mass is 9.92. The van der Waals surface area contributed by atoms with E-state index in [9.17, 15) is 24.3 Å². The fraction of sp³-hybridized carbons (Fsp3) is 0.720. The van der Waals surface area contributed by atoms with Crippen LogP contribution in [0, 0.1) is 5.92 Å². The van der Waals surface area contributed by atoms with E-state index in [0.717, 1.165) is 32.2 Å². The van der Waals surface area contributed by atoms with Crippen LogP contribution in [0.5, 0.6) is 0 Å². The van der Waals surface area contributed by atoms with Crippen molar-refractivity contribution in [1.82, 2.24) is 14.9 Å². The maximum absolute atomic E-state index is 15.1. The number of unbranched alkanes of at least 4 members (excludes halogenated alkanes) is 2. The summed E-state index contributed by atoms with van der Waals surface area (Å²) in [6, 6.07) is -0.200. The lowest BCUT2D eigenvalue weighted by Crippen LogP contribution is -2.49. The minimum Gasteiger partial charge on any atom is -0.467 e. The van der Waals surface area contributed by atoms with E-state index < -0.39 is 65.8 Å². The van der Waals surface area contributed by atoms with Crippen LogP contribution in [0.4, 0.5) is 24.2 Å². The van der Waals surface area contributed by atoms with Gasteiger partial charge in [-0.2, -0.15) is 13.8 Å². The number of esters is 1. The molecule has 1 saturated heterocycles. The van der Waals surface area contributed by atoms with Gasteiger partial charge in [0.2, 0.25) is 6.23 Å². The highest BCUT2D eigenvalue weighted by molar-refractivity contribution is 5.83. The summed E-state index contributed by atoms with van der Waals surface area (Å²) in [6.07, 6.45) is -4.83. The number of nitrogens with one attached hydrogen (secondary N) is 2. The molecular formula is C25H38F2N4O9. The number of anilines is 1. The molecule has 1 aliphatic heterocycles. The molecule has 40 heavy (non-hydrogen) atoms. The van der Waals surface area contributed by atoms with E-state index in [-0.39, 0.29) is 18.8 Å². The van der Waals surface area contributed by atoms with Crippen LogP contribution in [0.2, 0.25) is 0 Å². The maximum Gasteiger partial charge on any atom is 0.412 e. The standard InChI is InChI=1S/C25H38F2N4O9/c1-7-8-9-12-38-22(35)29-16-10-11-31(21(34)28-16)20-25(26,27)18(32)15(39-20)13-14(2)17(19(33)37-6)30-23(36)40-24(3,4)5/h10-11,14-15,17-18,20,32H,7-9,12-13H2,1-6H3,(H,30,36)(H,28,29,34,35)/t14?,15-,17?,18-,20-/m1/s1. The van der Waals surface area contributed by atoms with Crippen molar-refractivity contribution in [3.8, 4) is 0 Å². The van der Waals surface area contributed by atoms with E-state index in [1.54, 1.807) is 20.8 Å². The van der Waals surface area contributed by atoms with Crippen LogP contribution in [0.15, 0.2) is 17.1 Å². The van der Waals surface area contributed by atoms with Gasteiger partial charge in [-0.1, -0.05) is 26.7 Å². The number of halogens is 2. The molecule has 2 amide bonds. The Morgan fingerprint density at radius 3 is 2.50 bits per heavy atom. The fourth-order valence-electron chi connectivity index (χ4n) is 3.98. The van der Waals surface area contributed by atoms with Gasteiger partial charge >= 0.3 is 29.8 Å². The highest BCUT2D eigenvalue weighted by atomic mass is 19.3. The molecule has 0 radical (unpaired) electrons. The minimum atomic E-state index is -3.93. The summed E-state index contributed by atoms with van der Waals surface area (Å²) in [7, 11) is 1.09. The lowest BCUT2D eigenvalue weighted by molar-refractivity contribution is -0.145. The Morgan fingerprint density at radius 2 is 1.93 bits per heavy atom. The molecule has 1 aromatic rings. The molecule has 0 spiro atoms. The first-order valence-corrected chi connectivity index (χ1v) is 12.9. The number of rotatable bonds is 11. The van der Waals surface area contributed by atoms with E-state index in [2.05, 4.69) is 15.6 Å². The smallest absolute Gasteiger partial charge is 0.412 e. The largest absolute Gasteiger partial charge is 0.467 e. The number of aliphatic hydroxyl groups is 1. The molecular weight excluding hydrogens is 538 g/mol. The summed E-state index contributed by atoms with van der Waals surface area (Å²) in [5, 5.41) is 15.0. The summed E-state index contributed by atoms with van der Waals surface area (Å²) in [5.74, 6) is -5.87. The molecule has 15 heteroatoms. The monoisotopic (exact) mass is 576 g/mol. The number of alkyl carbamates (subject to hydrolysis) is 1. The Hall–Kier alpha value is -3.33. The van der Waals surface area contributed by atoms with Gasteiger partial charge in [0.05, 0.1) is 19.8 Å². The topological polar surface area (TPSA) is 167 Å². The van der Waals surface area contributed by atoms with Gasteiger partial charge in [0.25, 0.3) is 0 Å². The van der Waals surface area contributed by atoms with Crippen molar-refractivity contribution in [1.29, 1.82) is 0 Å². The van der Waals surface area contributed by atoms with E-state index in [0.29, 0.717) is 11.0 Å². The third-order valence-corrected chi connectivity index (χ3v) is 5.97. The molecule has 226 valence electrons. The van der Waals surface area contributed by atoms with Crippen LogP contribution in [-0.2, 0) is 23.7 Å². The summed E-state index contributed by atoms with van der Waals surface area (Å²) in [5.41, 5.74) is -2.04. The number of hydrogen-bond donors (Lipinski definition) is 3. The predicted molar refractivity (Wildman–Crippen MR) is 137 cm³/mol. The second-order valence-electron chi connectivity index (χ2n) is 10.5. The van der Waals surface area contributed by atoms with E-state index in [1.165, 1.54) is 6.92 Å². The van der Waals surface area contributed by atoms with Crippen LogP contribution in [0.25, 0.3) is 0 Å². The quantitative estimate of drug-likeness (QED) is 0.202. The minimum absolute atomic E-state index is 0.167. The van der Waals surface area contributed by atoms with Crippen molar-refractivity contribution in [3.63, 3.8) is 0 Å². The molecule has 1 aromatic heterocycles. The molecule has 2 unspecified atom stereocenters. The number of alkyl halides is 2. The van der Waals surface area contributed by atoms with Crippen molar-refractivity contribution >= 4 is 24.0 Å². The van der Waals surface area contributed by atoms with E-state index >= 15 is 8.78 Å². The Balaban J connectivity index is 2.14. The average Bonchev–Trinajstić information content (AvgIpc) is 3.07. The van der Waals surface area contributed by atoms with Crippen molar-refractivity contribution in [3.05, 3.63) is 22.7 Å². The van der Waals surface area contributed by atoms with Gasteiger partial charge < -0.3 is 29.4 Å². The fourth-order valence-corrected chi connectivity index (χ4v) is 3.98. The lowest BCUT2D eigenvalue weighted by Gasteiger charge is -2.27. The normalized spacial score (nSPS) is 21.7. The molecule has 1 fully saturated rings. The first-order chi connectivity index (χ1) is 18.6. The van der Waals surface area contributed by atoms with Gasteiger partial charge in [0.1, 0.15) is 23.6 Å². The van der Waals surface area contributed by atoms with Crippen molar-refractivity contribution in [2.45, 2.75) is 96.3 Å². The molecule has 0 aliphatic carbocycles. The number of aliphatic hydroxyl groups excluding tert-OH is 1. The van der Waals surface area contributed by atoms with Gasteiger partial charge in [-0.05, 0) is 45.6 Å². The number of aromatic nitrogens is 2. The summed E-state index contributed by atoms with van der Waals surface area (Å²) < 4.78 is 50.9. The Morgan fingerprint density at radius 1 is 1.25 bits per heavy atom. The zero-order chi connectivity index (χ0) is 30.3. The third kappa shape index (κ3) is 8.84. The Labute approximate surface area is 230 Å². The number of methoxy groups -OCH3 is 1. The SMILES string of the molecule is CCCCCOC(=O)Nc1ccn([C@@H]2O[C@H](CC(C)C(NC(=O)OC(C)(C)C)C(=O)OC)[C@@H](O)C2(F)F)c(=O)n1. The van der Waals surface area contributed by atoms with Gasteiger partial charge in [-0.15, -0.1) is 0 Å². The molecule has 0 aromatic carbocycles. The van der Waals surface area contributed by atoms with Crippen LogP contribution in [-0.4, -0.2) is 76.3 Å². The highest BCUT2D eigenvalue weighted by Crippen LogP contribution is 2.44. The zero-order valence-electron chi connectivity index (χ0n) is 23.4. The van der Waals surface area contributed by atoms with Gasteiger partial charge in [0, 0.05) is 6.20 Å². The van der Waals surface area contributed by atoms with E-state index in [4.69, 9.17) is 18.9 Å². The molecule has 2 rings (SSSR count). The van der Waals surface area contributed by atoms with Crippen molar-refractivity contribution in [2.75, 3.05) is 19.0 Å². The summed E-state index contributed by atoms with van der Waals surface area (Å²) in [4.78, 5) is 52.5. The molecule has 2 heterocycles. The molecule has 5 atom stereocenters. The molecule has 0 saturated carbocycles. The zero-order valence-corrected chi connectivity index (χ0v) is 23.4. The van der Waals surface area contributed by atoms with Crippen LogP contribution in [0.3, 0.4) is 0 Å². The first-order valence-electron chi connectivity index (χ1n) is 12.9. The molecule has 3 N–H and O–H groups in total. The number of amides is 2.